The van der Waals surface area contributed by atoms with E-state index >= 15 is 0 Å². The smallest absolute Gasteiger partial charge is 0.265 e. The molecule has 0 radical (unpaired) electrons. The molecule has 2 aromatic carbocycles. The summed E-state index contributed by atoms with van der Waals surface area (Å²) in [7, 11) is -4.02. The van der Waals surface area contributed by atoms with Gasteiger partial charge in [-0.15, -0.1) is 0 Å². The Bertz CT molecular complexity index is 1030. The zero-order valence-electron chi connectivity index (χ0n) is 17.8. The lowest BCUT2D eigenvalue weighted by Crippen LogP contribution is -2.31. The fourth-order valence-corrected chi connectivity index (χ4v) is 3.99. The maximum Gasteiger partial charge on any atom is 0.265 e. The first-order valence-electron chi connectivity index (χ1n) is 9.80. The Morgan fingerprint density at radius 2 is 1.61 bits per heavy atom. The molecule has 2 rings (SSSR count). The van der Waals surface area contributed by atoms with Crippen molar-refractivity contribution in [3.05, 3.63) is 41.4 Å². The number of rotatable bonds is 10. The summed E-state index contributed by atoms with van der Waals surface area (Å²) in [6.07, 6.45) is -1.19. The Morgan fingerprint density at radius 3 is 2.23 bits per heavy atom. The Morgan fingerprint density at radius 1 is 1.03 bits per heavy atom. The Labute approximate surface area is 187 Å². The number of nitrogens with one attached hydrogen (secondary N) is 2. The van der Waals surface area contributed by atoms with E-state index in [9.17, 15) is 18.3 Å². The molecule has 0 unspecified atom stereocenters. The minimum absolute atomic E-state index is 0.0610. The molecule has 0 bridgehead atoms. The van der Waals surface area contributed by atoms with E-state index in [2.05, 4.69) is 10.0 Å². The molecule has 170 valence electrons. The van der Waals surface area contributed by atoms with Crippen molar-refractivity contribution in [3.63, 3.8) is 0 Å². The lowest BCUT2D eigenvalue weighted by atomic mass is 10.1. The van der Waals surface area contributed by atoms with Gasteiger partial charge in [-0.25, -0.2) is 8.42 Å². The molecule has 0 heterocycles. The molecule has 0 spiro atoms. The van der Waals surface area contributed by atoms with Gasteiger partial charge in [0.2, 0.25) is 0 Å². The topological polar surface area (TPSA) is 114 Å². The van der Waals surface area contributed by atoms with Crippen LogP contribution in [0.2, 0.25) is 5.02 Å². The fraction of sp³-hybridized carbons (Fsp3) is 0.381. The highest BCUT2D eigenvalue weighted by atomic mass is 35.5. The molecule has 3 N–H and O–H groups in total. The van der Waals surface area contributed by atoms with Crippen molar-refractivity contribution in [1.82, 2.24) is 0 Å². The van der Waals surface area contributed by atoms with Crippen LogP contribution in [0.25, 0.3) is 0 Å². The zero-order chi connectivity index (χ0) is 23.2. The summed E-state index contributed by atoms with van der Waals surface area (Å²) in [4.78, 5) is 12.0. The summed E-state index contributed by atoms with van der Waals surface area (Å²) in [6.45, 7) is 7.52. The minimum atomic E-state index is -4.02. The average Bonchev–Trinajstić information content (AvgIpc) is 2.70. The largest absolute Gasteiger partial charge is 0.492 e. The maximum atomic E-state index is 13.0. The lowest BCUT2D eigenvalue weighted by molar-refractivity contribution is -0.125. The normalized spacial score (nSPS) is 12.4. The molecule has 1 amide bonds. The number of aliphatic hydroxyl groups is 1. The van der Waals surface area contributed by atoms with Crippen molar-refractivity contribution in [2.24, 2.45) is 5.92 Å². The van der Waals surface area contributed by atoms with Gasteiger partial charge in [0.15, 0.2) is 0 Å². The van der Waals surface area contributed by atoms with Crippen molar-refractivity contribution >= 4 is 38.9 Å². The van der Waals surface area contributed by atoms with Crippen LogP contribution in [0.1, 0.15) is 27.7 Å². The van der Waals surface area contributed by atoms with Crippen LogP contribution in [0, 0.1) is 5.92 Å². The van der Waals surface area contributed by atoms with Crippen molar-refractivity contribution in [2.75, 3.05) is 23.3 Å². The van der Waals surface area contributed by atoms with Crippen molar-refractivity contribution in [3.8, 4) is 11.5 Å². The Kier molecular flexibility index (Phi) is 8.55. The number of aliphatic hydroxyl groups excluding tert-OH is 1. The number of hydrogen-bond donors (Lipinski definition) is 3. The highest BCUT2D eigenvalue weighted by Crippen LogP contribution is 2.32. The highest BCUT2D eigenvalue weighted by molar-refractivity contribution is 7.92. The van der Waals surface area contributed by atoms with E-state index in [1.807, 2.05) is 0 Å². The van der Waals surface area contributed by atoms with Crippen LogP contribution in [-0.2, 0) is 14.8 Å². The lowest BCUT2D eigenvalue weighted by Gasteiger charge is -2.17. The van der Waals surface area contributed by atoms with E-state index in [-0.39, 0.29) is 28.9 Å². The van der Waals surface area contributed by atoms with E-state index in [1.54, 1.807) is 27.7 Å². The van der Waals surface area contributed by atoms with E-state index < -0.39 is 22.0 Å². The standard InChI is InChI=1S/C21H27ClN2O6S/c1-5-29-17-12-15(7-9-16(17)22)24-31(27,28)19-10-8-14(11-18(19)30-6-2)23-21(26)20(25)13(3)4/h7-13,20,24-25H,5-6H2,1-4H3,(H,23,26)/t20-/m0/s1. The second kappa shape index (κ2) is 10.7. The van der Waals surface area contributed by atoms with E-state index in [1.165, 1.54) is 36.4 Å². The van der Waals surface area contributed by atoms with Crippen LogP contribution < -0.4 is 19.5 Å². The monoisotopic (exact) mass is 470 g/mol. The van der Waals surface area contributed by atoms with Crippen LogP contribution in [0.5, 0.6) is 11.5 Å². The average molecular weight is 471 g/mol. The molecule has 10 heteroatoms. The van der Waals surface area contributed by atoms with E-state index in [0.717, 1.165) is 0 Å². The van der Waals surface area contributed by atoms with Crippen LogP contribution in [0.15, 0.2) is 41.3 Å². The zero-order valence-corrected chi connectivity index (χ0v) is 19.4. The van der Waals surface area contributed by atoms with Crippen molar-refractivity contribution < 1.29 is 27.8 Å². The third-order valence-corrected chi connectivity index (χ3v) is 5.92. The number of amides is 1. The number of ether oxygens (including phenoxy) is 2. The molecule has 8 nitrogen and oxygen atoms in total. The molecular formula is C21H27ClN2O6S. The van der Waals surface area contributed by atoms with Crippen LogP contribution in [0.4, 0.5) is 11.4 Å². The molecule has 0 saturated carbocycles. The summed E-state index contributed by atoms with van der Waals surface area (Å²) in [6, 6.07) is 8.69. The predicted molar refractivity (Wildman–Crippen MR) is 121 cm³/mol. The molecule has 1 atom stereocenters. The minimum Gasteiger partial charge on any atom is -0.492 e. The van der Waals surface area contributed by atoms with Gasteiger partial charge in [-0.1, -0.05) is 25.4 Å². The maximum absolute atomic E-state index is 13.0. The molecule has 2 aromatic rings. The number of sulfonamides is 1. The number of benzene rings is 2. The number of hydrogen-bond acceptors (Lipinski definition) is 6. The molecule has 0 saturated heterocycles. The van der Waals surface area contributed by atoms with Gasteiger partial charge in [-0.3, -0.25) is 9.52 Å². The number of carbonyl (C=O) groups is 1. The SMILES string of the molecule is CCOc1cc(NS(=O)(=O)c2ccc(NC(=O)[C@@H](O)C(C)C)cc2OCC)ccc1Cl. The first-order valence-corrected chi connectivity index (χ1v) is 11.7. The van der Waals surface area contributed by atoms with Gasteiger partial charge in [0.05, 0.1) is 23.9 Å². The van der Waals surface area contributed by atoms with Gasteiger partial charge < -0.3 is 19.9 Å². The first kappa shape index (κ1) is 24.8. The molecule has 0 fully saturated rings. The Balaban J connectivity index is 2.33. The number of anilines is 2. The molecule has 0 aliphatic heterocycles. The third kappa shape index (κ3) is 6.49. The van der Waals surface area contributed by atoms with Crippen LogP contribution in [-0.4, -0.2) is 38.7 Å². The van der Waals surface area contributed by atoms with Crippen LogP contribution >= 0.6 is 11.6 Å². The highest BCUT2D eigenvalue weighted by Gasteiger charge is 2.23. The molecule has 0 aromatic heterocycles. The van der Waals surface area contributed by atoms with Gasteiger partial charge in [0.1, 0.15) is 22.5 Å². The second-order valence-corrected chi connectivity index (χ2v) is 9.01. The van der Waals surface area contributed by atoms with Crippen molar-refractivity contribution in [2.45, 2.75) is 38.7 Å². The van der Waals surface area contributed by atoms with Crippen molar-refractivity contribution in [1.29, 1.82) is 0 Å². The summed E-state index contributed by atoms with van der Waals surface area (Å²) >= 11 is 6.06. The molecule has 0 aliphatic carbocycles. The third-order valence-electron chi connectivity index (χ3n) is 4.18. The van der Waals surface area contributed by atoms with E-state index in [4.69, 9.17) is 21.1 Å². The van der Waals surface area contributed by atoms with E-state index in [0.29, 0.717) is 23.1 Å². The summed E-state index contributed by atoms with van der Waals surface area (Å²) in [5.41, 5.74) is 0.574. The Hall–Kier alpha value is -2.49. The van der Waals surface area contributed by atoms with Crippen LogP contribution in [0.3, 0.4) is 0 Å². The first-order chi connectivity index (χ1) is 14.6. The summed E-state index contributed by atoms with van der Waals surface area (Å²) < 4.78 is 39.3. The molecule has 0 aliphatic rings. The number of carbonyl (C=O) groups excluding carboxylic acids is 1. The molecule has 31 heavy (non-hydrogen) atoms. The van der Waals surface area contributed by atoms with Gasteiger partial charge in [0, 0.05) is 17.8 Å². The molecular weight excluding hydrogens is 444 g/mol. The predicted octanol–water partition coefficient (Wildman–Crippen LogP) is 3.89. The summed E-state index contributed by atoms with van der Waals surface area (Å²) in [5.74, 6) is -0.436. The quantitative estimate of drug-likeness (QED) is 0.485. The number of halogens is 1. The second-order valence-electron chi connectivity index (χ2n) is 6.96. The van der Waals surface area contributed by atoms with Gasteiger partial charge in [-0.05, 0) is 44.0 Å². The van der Waals surface area contributed by atoms with Gasteiger partial charge in [-0.2, -0.15) is 0 Å². The summed E-state index contributed by atoms with van der Waals surface area (Å²) in [5, 5.41) is 12.8. The van der Waals surface area contributed by atoms with Gasteiger partial charge >= 0.3 is 0 Å². The van der Waals surface area contributed by atoms with Gasteiger partial charge in [0.25, 0.3) is 15.9 Å². The fourth-order valence-electron chi connectivity index (χ4n) is 2.64.